The average Bonchev–Trinajstić information content (AvgIpc) is 2.73. The number of rotatable bonds is 5. The van der Waals surface area contributed by atoms with Crippen LogP contribution in [0.2, 0.25) is 0 Å². The lowest BCUT2D eigenvalue weighted by molar-refractivity contribution is -0.157. The van der Waals surface area contributed by atoms with Gasteiger partial charge in [0.2, 0.25) is 5.91 Å². The van der Waals surface area contributed by atoms with E-state index >= 15 is 0 Å². The molecule has 1 heterocycles. The first kappa shape index (κ1) is 22.7. The minimum absolute atomic E-state index is 0.0620. The van der Waals surface area contributed by atoms with Gasteiger partial charge in [-0.2, -0.15) is 0 Å². The van der Waals surface area contributed by atoms with Gasteiger partial charge >= 0.3 is 5.97 Å². The lowest BCUT2D eigenvalue weighted by Crippen LogP contribution is -2.55. The van der Waals surface area contributed by atoms with E-state index in [2.05, 4.69) is 10.2 Å². The van der Waals surface area contributed by atoms with E-state index in [-0.39, 0.29) is 30.4 Å². The van der Waals surface area contributed by atoms with Gasteiger partial charge in [-0.25, -0.2) is 0 Å². The van der Waals surface area contributed by atoms with E-state index in [0.29, 0.717) is 26.1 Å². The van der Waals surface area contributed by atoms with Gasteiger partial charge in [-0.05, 0) is 45.7 Å². The number of nitrogens with zero attached hydrogens (tertiary/aromatic N) is 1. The van der Waals surface area contributed by atoms with Crippen LogP contribution in [0.5, 0.6) is 0 Å². The van der Waals surface area contributed by atoms with Crippen LogP contribution in [0, 0.1) is 17.3 Å². The van der Waals surface area contributed by atoms with Crippen LogP contribution in [-0.4, -0.2) is 66.9 Å². The Hall–Kier alpha value is -1.96. The molecule has 30 heavy (non-hydrogen) atoms. The van der Waals surface area contributed by atoms with Crippen LogP contribution in [0.3, 0.4) is 0 Å². The second-order valence-electron chi connectivity index (χ2n) is 9.32. The topological polar surface area (TPSA) is 88.1 Å². The summed E-state index contributed by atoms with van der Waals surface area (Å²) in [5.74, 6) is -1.00. The Morgan fingerprint density at radius 1 is 1.17 bits per heavy atom. The molecular weight excluding hydrogens is 384 g/mol. The number of hydrogen-bond acceptors (Lipinski definition) is 6. The molecule has 166 valence electrons. The highest BCUT2D eigenvalue weighted by atomic mass is 16.5. The fourth-order valence-electron chi connectivity index (χ4n) is 4.20. The molecule has 1 saturated carbocycles. The molecule has 1 aliphatic carbocycles. The van der Waals surface area contributed by atoms with Gasteiger partial charge in [0.05, 0.1) is 31.3 Å². The molecule has 7 heteroatoms. The molecule has 1 aromatic carbocycles. The molecule has 1 aliphatic heterocycles. The fraction of sp³-hybridized carbons (Fsp3) is 0.652. The van der Waals surface area contributed by atoms with Crippen molar-refractivity contribution in [2.45, 2.75) is 45.8 Å². The Labute approximate surface area is 178 Å². The molecule has 4 atom stereocenters. The zero-order chi connectivity index (χ0) is 21.7. The highest BCUT2D eigenvalue weighted by molar-refractivity contribution is 5.92. The number of aliphatic hydroxyl groups is 1. The zero-order valence-electron chi connectivity index (χ0n) is 18.2. The minimum atomic E-state index is -0.607. The van der Waals surface area contributed by atoms with Crippen molar-refractivity contribution in [2.24, 2.45) is 17.3 Å². The van der Waals surface area contributed by atoms with E-state index in [1.165, 1.54) is 0 Å². The Balaban J connectivity index is 1.72. The van der Waals surface area contributed by atoms with Gasteiger partial charge in [-0.1, -0.05) is 18.2 Å². The smallest absolute Gasteiger partial charge is 0.311 e. The standard InChI is InChI=1S/C23H34N2O5/c1-23(2,3)22(28)30-15-16-13-19(25-9-11-29-12-10-25)20(26)14-18(16)21(27)24-17-7-5-4-6-8-17/h4-8,16,18-20,26H,9-15H2,1-3H3,(H,24,27)/t16-,18-,19-,20-/m1/s1. The average molecular weight is 419 g/mol. The van der Waals surface area contributed by atoms with E-state index in [0.717, 1.165) is 18.8 Å². The lowest BCUT2D eigenvalue weighted by atomic mass is 9.74. The third-order valence-corrected chi connectivity index (χ3v) is 5.99. The quantitative estimate of drug-likeness (QED) is 0.714. The van der Waals surface area contributed by atoms with Gasteiger partial charge in [-0.3, -0.25) is 14.5 Å². The van der Waals surface area contributed by atoms with Crippen molar-refractivity contribution in [1.82, 2.24) is 4.90 Å². The van der Waals surface area contributed by atoms with Gasteiger partial charge in [0.15, 0.2) is 0 Å². The molecule has 2 N–H and O–H groups in total. The number of hydrogen-bond donors (Lipinski definition) is 2. The van der Waals surface area contributed by atoms with Gasteiger partial charge in [0, 0.05) is 36.7 Å². The summed E-state index contributed by atoms with van der Waals surface area (Å²) in [4.78, 5) is 27.6. The molecule has 0 bridgehead atoms. The van der Waals surface area contributed by atoms with Crippen LogP contribution in [0.25, 0.3) is 0 Å². The summed E-state index contributed by atoms with van der Waals surface area (Å²) in [7, 11) is 0. The number of morpholine rings is 1. The van der Waals surface area contributed by atoms with E-state index in [4.69, 9.17) is 9.47 Å². The monoisotopic (exact) mass is 418 g/mol. The Kier molecular flexibility index (Phi) is 7.50. The third kappa shape index (κ3) is 5.80. The number of carbonyl (C=O) groups excluding carboxylic acids is 2. The maximum absolute atomic E-state index is 13.1. The predicted octanol–water partition coefficient (Wildman–Crippen LogP) is 2.30. The normalized spacial score (nSPS) is 28.0. The highest BCUT2D eigenvalue weighted by Gasteiger charge is 2.43. The third-order valence-electron chi connectivity index (χ3n) is 5.99. The molecule has 2 aliphatic rings. The molecule has 0 radical (unpaired) electrons. The van der Waals surface area contributed by atoms with E-state index in [1.807, 2.05) is 51.1 Å². The number of benzene rings is 1. The number of amides is 1. The van der Waals surface area contributed by atoms with Crippen molar-refractivity contribution in [3.05, 3.63) is 30.3 Å². The second kappa shape index (κ2) is 9.90. The van der Waals surface area contributed by atoms with Gasteiger partial charge in [-0.15, -0.1) is 0 Å². The van der Waals surface area contributed by atoms with Crippen LogP contribution in [-0.2, 0) is 19.1 Å². The van der Waals surface area contributed by atoms with E-state index in [1.54, 1.807) is 0 Å². The Morgan fingerprint density at radius 3 is 2.47 bits per heavy atom. The summed E-state index contributed by atoms with van der Waals surface area (Å²) in [6.45, 7) is 8.43. The van der Waals surface area contributed by atoms with Crippen molar-refractivity contribution >= 4 is 17.6 Å². The summed E-state index contributed by atoms with van der Waals surface area (Å²) in [5.41, 5.74) is 0.122. The summed E-state index contributed by atoms with van der Waals surface area (Å²) < 4.78 is 11.0. The molecule has 1 aromatic rings. The fourth-order valence-corrected chi connectivity index (χ4v) is 4.20. The predicted molar refractivity (Wildman–Crippen MR) is 114 cm³/mol. The molecule has 1 saturated heterocycles. The number of carbonyl (C=O) groups is 2. The summed E-state index contributed by atoms with van der Waals surface area (Å²) in [6, 6.07) is 9.23. The second-order valence-corrected chi connectivity index (χ2v) is 9.32. The number of esters is 1. The SMILES string of the molecule is CC(C)(C)C(=O)OC[C@H]1C[C@@H](N2CCOCC2)[C@H](O)C[C@H]1C(=O)Nc1ccccc1. The van der Waals surface area contributed by atoms with Gasteiger partial charge in [0.1, 0.15) is 0 Å². The van der Waals surface area contributed by atoms with Crippen molar-refractivity contribution in [3.63, 3.8) is 0 Å². The van der Waals surface area contributed by atoms with Crippen molar-refractivity contribution < 1.29 is 24.2 Å². The zero-order valence-corrected chi connectivity index (χ0v) is 18.2. The van der Waals surface area contributed by atoms with Crippen LogP contribution in [0.15, 0.2) is 30.3 Å². The number of aliphatic hydroxyl groups excluding tert-OH is 1. The maximum Gasteiger partial charge on any atom is 0.311 e. The number of ether oxygens (including phenoxy) is 2. The molecule has 1 amide bonds. The first-order valence-corrected chi connectivity index (χ1v) is 10.8. The lowest BCUT2D eigenvalue weighted by Gasteiger charge is -2.44. The maximum atomic E-state index is 13.1. The largest absolute Gasteiger partial charge is 0.465 e. The van der Waals surface area contributed by atoms with Crippen molar-refractivity contribution in [2.75, 3.05) is 38.2 Å². The number of anilines is 1. The van der Waals surface area contributed by atoms with Crippen LogP contribution >= 0.6 is 0 Å². The minimum Gasteiger partial charge on any atom is -0.465 e. The van der Waals surface area contributed by atoms with Gasteiger partial charge in [0.25, 0.3) is 0 Å². The van der Waals surface area contributed by atoms with Crippen molar-refractivity contribution in [1.29, 1.82) is 0 Å². The van der Waals surface area contributed by atoms with Crippen LogP contribution in [0.4, 0.5) is 5.69 Å². The summed E-state index contributed by atoms with van der Waals surface area (Å²) >= 11 is 0. The van der Waals surface area contributed by atoms with Gasteiger partial charge < -0.3 is 19.9 Å². The highest BCUT2D eigenvalue weighted by Crippen LogP contribution is 2.35. The molecule has 0 aromatic heterocycles. The Bertz CT molecular complexity index is 712. The van der Waals surface area contributed by atoms with Crippen molar-refractivity contribution in [3.8, 4) is 0 Å². The first-order chi connectivity index (χ1) is 14.3. The van der Waals surface area contributed by atoms with Crippen LogP contribution in [0.1, 0.15) is 33.6 Å². The van der Waals surface area contributed by atoms with Crippen LogP contribution < -0.4 is 5.32 Å². The summed E-state index contributed by atoms with van der Waals surface area (Å²) in [5, 5.41) is 13.8. The molecule has 2 fully saturated rings. The Morgan fingerprint density at radius 2 is 1.83 bits per heavy atom. The number of para-hydroxylation sites is 1. The molecule has 0 spiro atoms. The molecule has 7 nitrogen and oxygen atoms in total. The summed E-state index contributed by atoms with van der Waals surface area (Å²) in [6.07, 6.45) is 0.341. The van der Waals surface area contributed by atoms with E-state index < -0.39 is 17.4 Å². The number of nitrogens with one attached hydrogen (secondary N) is 1. The molecule has 3 rings (SSSR count). The first-order valence-electron chi connectivity index (χ1n) is 10.8. The molecular formula is C23H34N2O5. The van der Waals surface area contributed by atoms with E-state index in [9.17, 15) is 14.7 Å². The molecule has 0 unspecified atom stereocenters.